The Balaban J connectivity index is 0. The highest BCUT2D eigenvalue weighted by Crippen LogP contribution is 2.18. The van der Waals surface area contributed by atoms with Gasteiger partial charge in [0.2, 0.25) is 5.91 Å². The van der Waals surface area contributed by atoms with E-state index in [1.165, 1.54) is 5.56 Å². The molecule has 1 aromatic rings. The Labute approximate surface area is 146 Å². The first-order chi connectivity index (χ1) is 9.56. The maximum atomic E-state index is 12.3. The number of amides is 1. The van der Waals surface area contributed by atoms with Crippen molar-refractivity contribution in [3.63, 3.8) is 0 Å². The van der Waals surface area contributed by atoms with Crippen LogP contribution in [0, 0.1) is 6.92 Å². The van der Waals surface area contributed by atoms with E-state index in [9.17, 15) is 4.79 Å². The Morgan fingerprint density at radius 2 is 1.73 bits per heavy atom. The highest BCUT2D eigenvalue weighted by atomic mass is 35.5. The number of rotatable bonds is 8. The van der Waals surface area contributed by atoms with Gasteiger partial charge in [0.25, 0.3) is 0 Å². The van der Waals surface area contributed by atoms with Crippen LogP contribution in [0.4, 0.5) is 0 Å². The molecule has 0 heterocycles. The summed E-state index contributed by atoms with van der Waals surface area (Å²) in [6, 6.07) is 7.90. The summed E-state index contributed by atoms with van der Waals surface area (Å²) in [7, 11) is 3.86. The highest BCUT2D eigenvalue weighted by Gasteiger charge is 2.22. The van der Waals surface area contributed by atoms with Crippen LogP contribution in [-0.4, -0.2) is 38.0 Å². The number of unbranched alkanes of at least 4 members (excludes halogenated alkanes) is 2. The van der Waals surface area contributed by atoms with Gasteiger partial charge in [-0.05, 0) is 46.0 Å². The normalized spacial score (nSPS) is 11.3. The molecule has 0 aromatic heterocycles. The van der Waals surface area contributed by atoms with Crippen molar-refractivity contribution >= 4 is 30.7 Å². The first-order valence-electron chi connectivity index (χ1n) is 7.27. The summed E-state index contributed by atoms with van der Waals surface area (Å²) < 4.78 is 0. The second kappa shape index (κ2) is 12.7. The second-order valence-electron chi connectivity index (χ2n) is 5.42. The summed E-state index contributed by atoms with van der Waals surface area (Å²) in [6.07, 6.45) is 3.07. The predicted octanol–water partition coefficient (Wildman–Crippen LogP) is 2.69. The summed E-state index contributed by atoms with van der Waals surface area (Å²) >= 11 is 0. The topological polar surface area (TPSA) is 58.4 Å². The number of aryl methyl sites for hydroxylation is 1. The molecular formula is C16H29Cl2N3O. The number of halogens is 2. The van der Waals surface area contributed by atoms with Gasteiger partial charge in [-0.3, -0.25) is 9.69 Å². The molecule has 0 saturated heterocycles. The Hall–Kier alpha value is -0.810. The molecule has 3 N–H and O–H groups in total. The SMILES string of the molecule is Cc1ccc(C(C(=O)NCCCCCN)N(C)C)cc1.Cl.Cl. The van der Waals surface area contributed by atoms with Crippen LogP contribution in [0.2, 0.25) is 0 Å². The van der Waals surface area contributed by atoms with E-state index in [0.29, 0.717) is 0 Å². The molecule has 0 aliphatic carbocycles. The van der Waals surface area contributed by atoms with Crippen molar-refractivity contribution in [1.29, 1.82) is 0 Å². The number of carbonyl (C=O) groups excluding carboxylic acids is 1. The van der Waals surface area contributed by atoms with Gasteiger partial charge in [-0.1, -0.05) is 36.2 Å². The number of nitrogens with two attached hydrogens (primary N) is 1. The Morgan fingerprint density at radius 3 is 2.23 bits per heavy atom. The summed E-state index contributed by atoms with van der Waals surface area (Å²) in [5.74, 6) is 0.0617. The summed E-state index contributed by atoms with van der Waals surface area (Å²) in [4.78, 5) is 14.3. The van der Waals surface area contributed by atoms with Crippen molar-refractivity contribution in [2.45, 2.75) is 32.2 Å². The lowest BCUT2D eigenvalue weighted by Crippen LogP contribution is -2.37. The number of benzene rings is 1. The molecule has 1 atom stereocenters. The molecule has 0 radical (unpaired) electrons. The summed E-state index contributed by atoms with van der Waals surface area (Å²) in [5.41, 5.74) is 7.68. The Kier molecular flexibility index (Phi) is 13.5. The van der Waals surface area contributed by atoms with Gasteiger partial charge in [0.1, 0.15) is 6.04 Å². The zero-order chi connectivity index (χ0) is 15.0. The minimum Gasteiger partial charge on any atom is -0.354 e. The first-order valence-corrected chi connectivity index (χ1v) is 7.27. The Bertz CT molecular complexity index is 410. The number of hydrogen-bond donors (Lipinski definition) is 2. The molecule has 1 rings (SSSR count). The molecule has 128 valence electrons. The lowest BCUT2D eigenvalue weighted by atomic mass is 10.0. The average molecular weight is 350 g/mol. The molecule has 1 unspecified atom stereocenters. The maximum Gasteiger partial charge on any atom is 0.241 e. The van der Waals surface area contributed by atoms with Crippen molar-refractivity contribution in [3.8, 4) is 0 Å². The number of likely N-dealkylation sites (N-methyl/N-ethyl adjacent to an activating group) is 1. The van der Waals surface area contributed by atoms with Crippen LogP contribution < -0.4 is 11.1 Å². The van der Waals surface area contributed by atoms with Crippen molar-refractivity contribution in [1.82, 2.24) is 10.2 Å². The van der Waals surface area contributed by atoms with Crippen molar-refractivity contribution < 1.29 is 4.79 Å². The predicted molar refractivity (Wildman–Crippen MR) is 98.0 cm³/mol. The second-order valence-corrected chi connectivity index (χ2v) is 5.42. The average Bonchev–Trinajstić information content (AvgIpc) is 2.40. The standard InChI is InChI=1S/C16H27N3O.2ClH/c1-13-7-9-14(10-8-13)15(19(2)3)16(20)18-12-6-4-5-11-17;;/h7-10,15H,4-6,11-12,17H2,1-3H3,(H,18,20);2*1H. The molecule has 1 amide bonds. The number of nitrogens with one attached hydrogen (secondary N) is 1. The third-order valence-electron chi connectivity index (χ3n) is 3.34. The fraction of sp³-hybridized carbons (Fsp3) is 0.562. The summed E-state index contributed by atoms with van der Waals surface area (Å²) in [5, 5.41) is 3.01. The molecule has 0 bridgehead atoms. The van der Waals surface area contributed by atoms with Gasteiger partial charge in [0, 0.05) is 6.54 Å². The first kappa shape index (κ1) is 23.5. The smallest absolute Gasteiger partial charge is 0.241 e. The van der Waals surface area contributed by atoms with Gasteiger partial charge in [-0.25, -0.2) is 0 Å². The molecule has 0 aliphatic heterocycles. The number of carbonyl (C=O) groups is 1. The van der Waals surface area contributed by atoms with E-state index in [2.05, 4.69) is 5.32 Å². The zero-order valence-corrected chi connectivity index (χ0v) is 15.3. The molecule has 0 aliphatic rings. The van der Waals surface area contributed by atoms with Gasteiger partial charge >= 0.3 is 0 Å². The Morgan fingerprint density at radius 1 is 1.14 bits per heavy atom. The largest absolute Gasteiger partial charge is 0.354 e. The van der Waals surface area contributed by atoms with Crippen LogP contribution in [0.5, 0.6) is 0 Å². The monoisotopic (exact) mass is 349 g/mol. The van der Waals surface area contributed by atoms with Crippen LogP contribution in [0.25, 0.3) is 0 Å². The molecule has 0 fully saturated rings. The third kappa shape index (κ3) is 7.99. The van der Waals surface area contributed by atoms with Crippen LogP contribution in [0.1, 0.15) is 36.4 Å². The molecule has 6 heteroatoms. The maximum absolute atomic E-state index is 12.3. The van der Waals surface area contributed by atoms with Crippen LogP contribution >= 0.6 is 24.8 Å². The van der Waals surface area contributed by atoms with Crippen LogP contribution in [-0.2, 0) is 4.79 Å². The van der Waals surface area contributed by atoms with Gasteiger partial charge in [0.15, 0.2) is 0 Å². The molecule has 0 spiro atoms. The van der Waals surface area contributed by atoms with Crippen molar-refractivity contribution in [3.05, 3.63) is 35.4 Å². The fourth-order valence-corrected chi connectivity index (χ4v) is 2.19. The molecule has 0 saturated carbocycles. The van der Waals surface area contributed by atoms with Crippen LogP contribution in [0.3, 0.4) is 0 Å². The van der Waals surface area contributed by atoms with Gasteiger partial charge < -0.3 is 11.1 Å². The number of nitrogens with zero attached hydrogens (tertiary/aromatic N) is 1. The van der Waals surface area contributed by atoms with Gasteiger partial charge in [0.05, 0.1) is 0 Å². The zero-order valence-electron chi connectivity index (χ0n) is 13.7. The van der Waals surface area contributed by atoms with E-state index in [1.54, 1.807) is 0 Å². The van der Waals surface area contributed by atoms with E-state index in [4.69, 9.17) is 5.73 Å². The van der Waals surface area contributed by atoms with E-state index in [1.807, 2.05) is 50.2 Å². The fourth-order valence-electron chi connectivity index (χ4n) is 2.19. The van der Waals surface area contributed by atoms with E-state index in [0.717, 1.165) is 37.9 Å². The lowest BCUT2D eigenvalue weighted by molar-refractivity contribution is -0.125. The van der Waals surface area contributed by atoms with Crippen LogP contribution in [0.15, 0.2) is 24.3 Å². The van der Waals surface area contributed by atoms with E-state index >= 15 is 0 Å². The van der Waals surface area contributed by atoms with Crippen molar-refractivity contribution in [2.75, 3.05) is 27.2 Å². The highest BCUT2D eigenvalue weighted by molar-refractivity contribution is 5.85. The quantitative estimate of drug-likeness (QED) is 0.709. The van der Waals surface area contributed by atoms with E-state index in [-0.39, 0.29) is 36.8 Å². The van der Waals surface area contributed by atoms with Gasteiger partial charge in [-0.15, -0.1) is 24.8 Å². The van der Waals surface area contributed by atoms with Crippen molar-refractivity contribution in [2.24, 2.45) is 5.73 Å². The minimum absolute atomic E-state index is 0. The summed E-state index contributed by atoms with van der Waals surface area (Å²) in [6.45, 7) is 3.48. The minimum atomic E-state index is -0.231. The van der Waals surface area contributed by atoms with E-state index < -0.39 is 0 Å². The third-order valence-corrected chi connectivity index (χ3v) is 3.34. The molecule has 22 heavy (non-hydrogen) atoms. The molecule has 4 nitrogen and oxygen atoms in total. The molecule has 1 aromatic carbocycles. The molecular weight excluding hydrogens is 321 g/mol. The number of hydrogen-bond acceptors (Lipinski definition) is 3. The van der Waals surface area contributed by atoms with Gasteiger partial charge in [-0.2, -0.15) is 0 Å². The lowest BCUT2D eigenvalue weighted by Gasteiger charge is -2.24.